The van der Waals surface area contributed by atoms with Gasteiger partial charge in [0.1, 0.15) is 18.3 Å². The van der Waals surface area contributed by atoms with Gasteiger partial charge in [-0.25, -0.2) is 0 Å². The molecule has 2 heterocycles. The minimum atomic E-state index is -1.16. The zero-order chi connectivity index (χ0) is 43.3. The number of hydrogen-bond donors (Lipinski definition) is 11. The molecule has 21 nitrogen and oxygen atoms in total. The Kier molecular flexibility index (Phi) is 28.6. The van der Waals surface area contributed by atoms with E-state index in [0.29, 0.717) is 97.2 Å². The SMILES string of the molecule is NC(COCCC(=O)NCCCNC(=O)CCCCO[C@H]1C[C@@H](CO)[C@@H](O)[C@@H](CO)O1)COCCC(=O)NCCCNC(=O)CCCCO[C@H]1C[C@@H](O)[C@@H](O)[C@@H](CO)O1. The molecular formula is C38H71N5O16. The summed E-state index contributed by atoms with van der Waals surface area (Å²) in [5.74, 6) is -1.02. The summed E-state index contributed by atoms with van der Waals surface area (Å²) in [6.07, 6.45) is -1.33. The van der Waals surface area contributed by atoms with Crippen LogP contribution in [-0.4, -0.2) is 189 Å². The molecule has 21 heteroatoms. The number of nitrogens with two attached hydrogens (primary N) is 1. The summed E-state index contributed by atoms with van der Waals surface area (Å²) in [7, 11) is 0. The number of unbranched alkanes of at least 4 members (excludes halogenated alkanes) is 2. The van der Waals surface area contributed by atoms with Crippen LogP contribution in [0.5, 0.6) is 0 Å². The van der Waals surface area contributed by atoms with Crippen molar-refractivity contribution in [1.82, 2.24) is 21.3 Å². The molecule has 2 saturated heterocycles. The molecule has 4 amide bonds. The summed E-state index contributed by atoms with van der Waals surface area (Å²) in [5, 5.41) is 68.7. The molecule has 2 rings (SSSR count). The van der Waals surface area contributed by atoms with Crippen molar-refractivity contribution in [3.05, 3.63) is 0 Å². The van der Waals surface area contributed by atoms with Crippen molar-refractivity contribution < 1.29 is 78.2 Å². The van der Waals surface area contributed by atoms with Crippen molar-refractivity contribution in [2.45, 2.75) is 126 Å². The van der Waals surface area contributed by atoms with Crippen LogP contribution < -0.4 is 27.0 Å². The minimum absolute atomic E-state index is 0.101. The number of amides is 4. The largest absolute Gasteiger partial charge is 0.396 e. The van der Waals surface area contributed by atoms with Crippen molar-refractivity contribution in [1.29, 1.82) is 0 Å². The number of nitrogens with one attached hydrogen (secondary N) is 4. The lowest BCUT2D eigenvalue weighted by Crippen LogP contribution is -2.50. The maximum atomic E-state index is 12.1. The van der Waals surface area contributed by atoms with E-state index in [-0.39, 0.29) is 82.5 Å². The number of hydrogen-bond acceptors (Lipinski definition) is 17. The molecule has 0 radical (unpaired) electrons. The van der Waals surface area contributed by atoms with E-state index in [1.54, 1.807) is 0 Å². The highest BCUT2D eigenvalue weighted by molar-refractivity contribution is 5.77. The average Bonchev–Trinajstić information content (AvgIpc) is 3.22. The van der Waals surface area contributed by atoms with Crippen molar-refractivity contribution in [3.8, 4) is 0 Å². The summed E-state index contributed by atoms with van der Waals surface area (Å²) >= 11 is 0. The van der Waals surface area contributed by atoms with Crippen LogP contribution in [0.3, 0.4) is 0 Å². The van der Waals surface area contributed by atoms with Gasteiger partial charge in [0.15, 0.2) is 12.6 Å². The summed E-state index contributed by atoms with van der Waals surface area (Å²) in [4.78, 5) is 48.2. The first-order valence-corrected chi connectivity index (χ1v) is 20.9. The van der Waals surface area contributed by atoms with E-state index >= 15 is 0 Å². The molecule has 9 atom stereocenters. The lowest BCUT2D eigenvalue weighted by Gasteiger charge is -2.37. The summed E-state index contributed by atoms with van der Waals surface area (Å²) in [6.45, 7) is 1.97. The number of ether oxygens (including phenoxy) is 6. The molecule has 0 aliphatic carbocycles. The van der Waals surface area contributed by atoms with Crippen LogP contribution in [0.25, 0.3) is 0 Å². The van der Waals surface area contributed by atoms with Gasteiger partial charge in [-0.1, -0.05) is 0 Å². The average molecular weight is 854 g/mol. The predicted molar refractivity (Wildman–Crippen MR) is 209 cm³/mol. The van der Waals surface area contributed by atoms with Gasteiger partial charge >= 0.3 is 0 Å². The van der Waals surface area contributed by atoms with Gasteiger partial charge in [-0.15, -0.1) is 0 Å². The summed E-state index contributed by atoms with van der Waals surface area (Å²) in [5.41, 5.74) is 5.99. The maximum Gasteiger partial charge on any atom is 0.222 e. The smallest absolute Gasteiger partial charge is 0.222 e. The highest BCUT2D eigenvalue weighted by atomic mass is 16.7. The molecule has 344 valence electrons. The van der Waals surface area contributed by atoms with E-state index in [9.17, 15) is 49.8 Å². The van der Waals surface area contributed by atoms with Crippen molar-refractivity contribution in [2.75, 3.05) is 85.6 Å². The molecule has 0 saturated carbocycles. The second kappa shape index (κ2) is 32.1. The molecular weight excluding hydrogens is 782 g/mol. The molecule has 1 unspecified atom stereocenters. The van der Waals surface area contributed by atoms with Gasteiger partial charge in [-0.05, 0) is 38.5 Å². The van der Waals surface area contributed by atoms with Gasteiger partial charge in [0.05, 0.1) is 57.9 Å². The first kappa shape index (κ1) is 52.5. The van der Waals surface area contributed by atoms with Crippen molar-refractivity contribution in [3.63, 3.8) is 0 Å². The van der Waals surface area contributed by atoms with Gasteiger partial charge < -0.3 is 86.1 Å². The fourth-order valence-electron chi connectivity index (χ4n) is 6.13. The van der Waals surface area contributed by atoms with E-state index in [1.165, 1.54) is 0 Å². The molecule has 0 aromatic rings. The first-order chi connectivity index (χ1) is 28.5. The second-order valence-corrected chi connectivity index (χ2v) is 14.7. The fourth-order valence-corrected chi connectivity index (χ4v) is 6.13. The normalized spacial score (nSPS) is 24.9. The molecule has 12 N–H and O–H groups in total. The van der Waals surface area contributed by atoms with E-state index in [1.807, 2.05) is 0 Å². The summed E-state index contributed by atoms with van der Waals surface area (Å²) < 4.78 is 33.0. The zero-order valence-electron chi connectivity index (χ0n) is 34.2. The Labute approximate surface area is 346 Å². The Morgan fingerprint density at radius 1 is 0.559 bits per heavy atom. The predicted octanol–water partition coefficient (Wildman–Crippen LogP) is -3.35. The molecule has 2 fully saturated rings. The number of rotatable bonds is 33. The molecule has 0 aromatic carbocycles. The molecule has 0 aromatic heterocycles. The Morgan fingerprint density at radius 2 is 0.983 bits per heavy atom. The van der Waals surface area contributed by atoms with Crippen LogP contribution in [0.15, 0.2) is 0 Å². The Bertz CT molecular complexity index is 1150. The van der Waals surface area contributed by atoms with Crippen LogP contribution >= 0.6 is 0 Å². The van der Waals surface area contributed by atoms with Gasteiger partial charge in [0.2, 0.25) is 23.6 Å². The summed E-state index contributed by atoms with van der Waals surface area (Å²) in [6, 6.07) is -0.428. The number of carbonyl (C=O) groups excluding carboxylic acids is 4. The fraction of sp³-hybridized carbons (Fsp3) is 0.895. The molecule has 2 aliphatic heterocycles. The molecule has 0 bridgehead atoms. The molecule has 59 heavy (non-hydrogen) atoms. The highest BCUT2D eigenvalue weighted by Crippen LogP contribution is 2.26. The quantitative estimate of drug-likeness (QED) is 0.0288. The second-order valence-electron chi connectivity index (χ2n) is 14.7. The lowest BCUT2D eigenvalue weighted by molar-refractivity contribution is -0.256. The van der Waals surface area contributed by atoms with Crippen LogP contribution in [0, 0.1) is 5.92 Å². The van der Waals surface area contributed by atoms with Crippen LogP contribution in [0.4, 0.5) is 0 Å². The Hall–Kier alpha value is -2.64. The topological polar surface area (TPSA) is 319 Å². The van der Waals surface area contributed by atoms with Gasteiger partial charge in [-0.3, -0.25) is 19.2 Å². The van der Waals surface area contributed by atoms with E-state index in [2.05, 4.69) is 21.3 Å². The minimum Gasteiger partial charge on any atom is -0.396 e. The van der Waals surface area contributed by atoms with E-state index in [0.717, 1.165) is 0 Å². The standard InChI is InChI=1S/C38H71N5O16/c39-27(25-55-18-10-34(51)43-14-6-12-41-32(49)8-2-4-16-57-36-20-28(47)38(53)30(23-46)59-36)24-54-17-9-33(50)42-13-5-11-40-31(48)7-1-3-15-56-35-19-26(21-44)37(52)29(22-45)58-35/h26-30,35-38,44-47,52-53H,1-25,39H2,(H,40,48)(H,41,49)(H,42,50)(H,43,51)/t26-,27?,28+,29+,30+,35+,36+,37+,38+/m0/s1. The van der Waals surface area contributed by atoms with Gasteiger partial charge in [0, 0.05) is 90.4 Å². The number of aliphatic hydroxyl groups is 6. The van der Waals surface area contributed by atoms with Crippen LogP contribution in [0.2, 0.25) is 0 Å². The van der Waals surface area contributed by atoms with Crippen LogP contribution in [0.1, 0.15) is 77.0 Å². The van der Waals surface area contributed by atoms with Gasteiger partial charge in [0.25, 0.3) is 0 Å². The number of carbonyl (C=O) groups is 4. The zero-order valence-corrected chi connectivity index (χ0v) is 34.2. The first-order valence-electron chi connectivity index (χ1n) is 20.9. The lowest BCUT2D eigenvalue weighted by atomic mass is 9.92. The van der Waals surface area contributed by atoms with Gasteiger partial charge in [-0.2, -0.15) is 0 Å². The van der Waals surface area contributed by atoms with E-state index in [4.69, 9.17) is 34.2 Å². The van der Waals surface area contributed by atoms with E-state index < -0.39 is 61.7 Å². The Balaban J connectivity index is 1.32. The third kappa shape index (κ3) is 23.8. The maximum absolute atomic E-state index is 12.1. The van der Waals surface area contributed by atoms with Crippen molar-refractivity contribution in [2.24, 2.45) is 11.7 Å². The van der Waals surface area contributed by atoms with Crippen molar-refractivity contribution >= 4 is 23.6 Å². The Morgan fingerprint density at radius 3 is 1.42 bits per heavy atom. The highest BCUT2D eigenvalue weighted by Gasteiger charge is 2.38. The molecule has 2 aliphatic rings. The molecule has 0 spiro atoms. The third-order valence-electron chi connectivity index (χ3n) is 9.63. The number of aliphatic hydroxyl groups excluding tert-OH is 6. The monoisotopic (exact) mass is 853 g/mol. The van der Waals surface area contributed by atoms with Crippen LogP contribution in [-0.2, 0) is 47.6 Å². The third-order valence-corrected chi connectivity index (χ3v) is 9.63.